The molecule has 3 aromatic carbocycles. The van der Waals surface area contributed by atoms with Gasteiger partial charge in [-0.1, -0.05) is 60.2 Å². The van der Waals surface area contributed by atoms with Crippen LogP contribution in [0.25, 0.3) is 10.8 Å². The van der Waals surface area contributed by atoms with Crippen LogP contribution < -0.4 is 10.1 Å². The van der Waals surface area contributed by atoms with E-state index in [1.807, 2.05) is 42.5 Å². The number of amides is 1. The Hall–Kier alpha value is -4.32. The van der Waals surface area contributed by atoms with Gasteiger partial charge in [-0.3, -0.25) is 9.48 Å². The average molecular weight is 437 g/mol. The van der Waals surface area contributed by atoms with Gasteiger partial charge in [0.1, 0.15) is 18.1 Å². The summed E-state index contributed by atoms with van der Waals surface area (Å²) in [5.41, 5.74) is 2.96. The Bertz CT molecular complexity index is 1420. The number of furan rings is 1. The van der Waals surface area contributed by atoms with Crippen LogP contribution in [-0.2, 0) is 13.2 Å². The fraction of sp³-hybridized carbons (Fsp3) is 0.111. The molecule has 0 aliphatic rings. The first-order valence-electron chi connectivity index (χ1n) is 10.7. The standard InChI is InChI=1S/C27H23N3O3/c1-19-5-4-6-20(13-19)16-30-17-23(15-28-30)29-27(31)26-12-11-25(33-26)18-32-24-10-9-21-7-2-3-8-22(21)14-24/h2-15,17H,16,18H2,1H3,(H,29,31). The minimum Gasteiger partial charge on any atom is -0.486 e. The molecule has 0 radical (unpaired) electrons. The van der Waals surface area contributed by atoms with E-state index in [1.165, 1.54) is 5.56 Å². The summed E-state index contributed by atoms with van der Waals surface area (Å²) in [6.45, 7) is 2.93. The van der Waals surface area contributed by atoms with Crippen molar-refractivity contribution in [3.05, 3.63) is 114 Å². The van der Waals surface area contributed by atoms with Gasteiger partial charge in [0.15, 0.2) is 5.76 Å². The number of nitrogens with one attached hydrogen (secondary N) is 1. The van der Waals surface area contributed by atoms with Crippen molar-refractivity contribution < 1.29 is 13.9 Å². The molecule has 0 fully saturated rings. The first-order valence-corrected chi connectivity index (χ1v) is 10.7. The van der Waals surface area contributed by atoms with Crippen molar-refractivity contribution in [2.45, 2.75) is 20.1 Å². The highest BCUT2D eigenvalue weighted by Crippen LogP contribution is 2.22. The number of fused-ring (bicyclic) bond motifs is 1. The van der Waals surface area contributed by atoms with Crippen LogP contribution >= 0.6 is 0 Å². The summed E-state index contributed by atoms with van der Waals surface area (Å²) in [5, 5.41) is 9.42. The monoisotopic (exact) mass is 437 g/mol. The number of hydrogen-bond acceptors (Lipinski definition) is 4. The Balaban J connectivity index is 1.18. The van der Waals surface area contributed by atoms with Crippen molar-refractivity contribution in [2.75, 3.05) is 5.32 Å². The Labute approximate surface area is 191 Å². The molecule has 6 heteroatoms. The second-order valence-corrected chi connectivity index (χ2v) is 7.93. The predicted molar refractivity (Wildman–Crippen MR) is 127 cm³/mol. The first kappa shape index (κ1) is 20.6. The van der Waals surface area contributed by atoms with Crippen LogP contribution in [0.15, 0.2) is 95.7 Å². The zero-order chi connectivity index (χ0) is 22.6. The quantitative estimate of drug-likeness (QED) is 0.348. The highest BCUT2D eigenvalue weighted by Gasteiger charge is 2.13. The van der Waals surface area contributed by atoms with Crippen molar-refractivity contribution in [1.82, 2.24) is 9.78 Å². The van der Waals surface area contributed by atoms with E-state index >= 15 is 0 Å². The normalized spacial score (nSPS) is 10.9. The second kappa shape index (κ2) is 9.04. The van der Waals surface area contributed by atoms with Crippen LogP contribution in [0.4, 0.5) is 5.69 Å². The third-order valence-electron chi connectivity index (χ3n) is 5.31. The molecule has 0 spiro atoms. The zero-order valence-corrected chi connectivity index (χ0v) is 18.2. The zero-order valence-electron chi connectivity index (χ0n) is 18.2. The number of aromatic nitrogens is 2. The van der Waals surface area contributed by atoms with E-state index in [2.05, 4.69) is 41.6 Å². The van der Waals surface area contributed by atoms with Crippen LogP contribution in [0.1, 0.15) is 27.4 Å². The fourth-order valence-electron chi connectivity index (χ4n) is 3.69. The van der Waals surface area contributed by atoms with Crippen LogP contribution in [0.3, 0.4) is 0 Å². The van der Waals surface area contributed by atoms with Gasteiger partial charge in [-0.15, -0.1) is 0 Å². The largest absolute Gasteiger partial charge is 0.486 e. The number of carbonyl (C=O) groups excluding carboxylic acids is 1. The van der Waals surface area contributed by atoms with Gasteiger partial charge in [-0.25, -0.2) is 0 Å². The fourth-order valence-corrected chi connectivity index (χ4v) is 3.69. The van der Waals surface area contributed by atoms with E-state index in [1.54, 1.807) is 29.2 Å². The Kier molecular flexibility index (Phi) is 5.64. The van der Waals surface area contributed by atoms with E-state index in [4.69, 9.17) is 9.15 Å². The maximum absolute atomic E-state index is 12.6. The molecule has 164 valence electrons. The Morgan fingerprint density at radius 2 is 1.88 bits per heavy atom. The van der Waals surface area contributed by atoms with Crippen molar-refractivity contribution in [3.8, 4) is 5.75 Å². The summed E-state index contributed by atoms with van der Waals surface area (Å²) in [5.74, 6) is 1.21. The number of aryl methyl sites for hydroxylation is 1. The van der Waals surface area contributed by atoms with Crippen molar-refractivity contribution in [1.29, 1.82) is 0 Å². The smallest absolute Gasteiger partial charge is 0.291 e. The molecule has 5 rings (SSSR count). The van der Waals surface area contributed by atoms with E-state index < -0.39 is 0 Å². The van der Waals surface area contributed by atoms with Crippen LogP contribution in [-0.4, -0.2) is 15.7 Å². The van der Waals surface area contributed by atoms with Crippen LogP contribution in [0.5, 0.6) is 5.75 Å². The molecule has 0 atom stereocenters. The number of ether oxygens (including phenoxy) is 1. The van der Waals surface area contributed by atoms with Crippen LogP contribution in [0.2, 0.25) is 0 Å². The summed E-state index contributed by atoms with van der Waals surface area (Å²) in [4.78, 5) is 12.6. The number of nitrogens with zero attached hydrogens (tertiary/aromatic N) is 2. The topological polar surface area (TPSA) is 69.3 Å². The van der Waals surface area contributed by atoms with Gasteiger partial charge in [0, 0.05) is 6.20 Å². The molecule has 6 nitrogen and oxygen atoms in total. The lowest BCUT2D eigenvalue weighted by molar-refractivity contribution is 0.0992. The number of rotatable bonds is 7. The average Bonchev–Trinajstić information content (AvgIpc) is 3.47. The Morgan fingerprint density at radius 3 is 2.76 bits per heavy atom. The number of anilines is 1. The van der Waals surface area contributed by atoms with E-state index in [-0.39, 0.29) is 18.3 Å². The van der Waals surface area contributed by atoms with Gasteiger partial charge in [0.05, 0.1) is 18.4 Å². The summed E-state index contributed by atoms with van der Waals surface area (Å²) >= 11 is 0. The molecule has 5 aromatic rings. The Morgan fingerprint density at radius 1 is 1.00 bits per heavy atom. The maximum Gasteiger partial charge on any atom is 0.291 e. The molecular weight excluding hydrogens is 414 g/mol. The van der Waals surface area contributed by atoms with E-state index in [0.717, 1.165) is 22.1 Å². The molecule has 0 unspecified atom stereocenters. The molecule has 0 saturated carbocycles. The van der Waals surface area contributed by atoms with Gasteiger partial charge >= 0.3 is 0 Å². The highest BCUT2D eigenvalue weighted by atomic mass is 16.5. The third kappa shape index (κ3) is 4.96. The number of hydrogen-bond donors (Lipinski definition) is 1. The number of benzene rings is 3. The molecule has 0 aliphatic carbocycles. The summed E-state index contributed by atoms with van der Waals surface area (Å²) in [7, 11) is 0. The molecule has 0 saturated heterocycles. The SMILES string of the molecule is Cc1cccc(Cn2cc(NC(=O)c3ccc(COc4ccc5ccccc5c4)o3)cn2)c1. The summed E-state index contributed by atoms with van der Waals surface area (Å²) in [6.07, 6.45) is 3.42. The first-order chi connectivity index (χ1) is 16.1. The van der Waals surface area contributed by atoms with Gasteiger partial charge in [0.25, 0.3) is 5.91 Å². The predicted octanol–water partition coefficient (Wildman–Crippen LogP) is 5.82. The summed E-state index contributed by atoms with van der Waals surface area (Å²) in [6, 6.07) is 25.7. The third-order valence-corrected chi connectivity index (χ3v) is 5.31. The molecular formula is C27H23N3O3. The molecule has 2 aromatic heterocycles. The molecule has 33 heavy (non-hydrogen) atoms. The lowest BCUT2D eigenvalue weighted by Crippen LogP contribution is -2.10. The van der Waals surface area contributed by atoms with Gasteiger partial charge < -0.3 is 14.5 Å². The molecule has 0 aliphatic heterocycles. The van der Waals surface area contributed by atoms with E-state index in [0.29, 0.717) is 18.0 Å². The molecule has 2 heterocycles. The molecule has 1 amide bonds. The van der Waals surface area contributed by atoms with Gasteiger partial charge in [-0.05, 0) is 47.5 Å². The van der Waals surface area contributed by atoms with Crippen molar-refractivity contribution in [3.63, 3.8) is 0 Å². The van der Waals surface area contributed by atoms with Gasteiger partial charge in [-0.2, -0.15) is 5.10 Å². The molecule has 0 bridgehead atoms. The number of carbonyl (C=O) groups is 1. The minimum absolute atomic E-state index is 0.221. The van der Waals surface area contributed by atoms with Gasteiger partial charge in [0.2, 0.25) is 0 Å². The van der Waals surface area contributed by atoms with Crippen molar-refractivity contribution in [2.24, 2.45) is 0 Å². The summed E-state index contributed by atoms with van der Waals surface area (Å²) < 4.78 is 13.3. The lowest BCUT2D eigenvalue weighted by atomic mass is 10.1. The van der Waals surface area contributed by atoms with E-state index in [9.17, 15) is 4.79 Å². The lowest BCUT2D eigenvalue weighted by Gasteiger charge is -2.06. The maximum atomic E-state index is 12.6. The highest BCUT2D eigenvalue weighted by molar-refractivity contribution is 6.02. The minimum atomic E-state index is -0.331. The van der Waals surface area contributed by atoms with Crippen LogP contribution in [0, 0.1) is 6.92 Å². The molecule has 1 N–H and O–H groups in total. The second-order valence-electron chi connectivity index (χ2n) is 7.93. The van der Waals surface area contributed by atoms with Crippen molar-refractivity contribution >= 4 is 22.4 Å².